The van der Waals surface area contributed by atoms with Crippen molar-refractivity contribution in [1.82, 2.24) is 0 Å². The standard InChI is InChI=1S/C23H23NO5/c1-25-20-11-15(12-21(26-2)23(20)27-3)16-7-4-5-10-24-22(16)17-8-6-9-19-18(17)13-28-14-29-19/h4-12,22H,13-14H2,1-3H3. The normalized spacial score (nSPS) is 17.6. The molecule has 29 heavy (non-hydrogen) atoms. The van der Waals surface area contributed by atoms with Crippen molar-refractivity contribution in [2.45, 2.75) is 12.6 Å². The van der Waals surface area contributed by atoms with Crippen LogP contribution in [0.15, 0.2) is 53.6 Å². The molecule has 0 bridgehead atoms. The number of fused-ring (bicyclic) bond motifs is 1. The number of methoxy groups -OCH3 is 3. The molecule has 0 fully saturated rings. The summed E-state index contributed by atoms with van der Waals surface area (Å²) in [7, 11) is 4.82. The summed E-state index contributed by atoms with van der Waals surface area (Å²) in [4.78, 5) is 4.81. The lowest BCUT2D eigenvalue weighted by molar-refractivity contribution is -0.0168. The highest BCUT2D eigenvalue weighted by Crippen LogP contribution is 2.45. The average Bonchev–Trinajstić information content (AvgIpc) is 3.03. The number of nitrogens with zero attached hydrogens (tertiary/aromatic N) is 1. The molecule has 0 aliphatic carbocycles. The highest BCUT2D eigenvalue weighted by Gasteiger charge is 2.26. The first-order valence-corrected chi connectivity index (χ1v) is 9.29. The Bertz CT molecular complexity index is 968. The van der Waals surface area contributed by atoms with Gasteiger partial charge >= 0.3 is 0 Å². The van der Waals surface area contributed by atoms with Crippen LogP contribution in [0.4, 0.5) is 0 Å². The molecule has 2 aromatic rings. The zero-order valence-electron chi connectivity index (χ0n) is 16.7. The SMILES string of the molecule is COc1cc(C2=CC=CC=NC2c2cccc3c2COCO3)cc(OC)c1OC. The summed E-state index contributed by atoms with van der Waals surface area (Å²) in [5.41, 5.74) is 4.00. The van der Waals surface area contributed by atoms with Gasteiger partial charge in [-0.2, -0.15) is 0 Å². The minimum absolute atomic E-state index is 0.229. The molecule has 6 nitrogen and oxygen atoms in total. The van der Waals surface area contributed by atoms with E-state index in [9.17, 15) is 0 Å². The lowest BCUT2D eigenvalue weighted by atomic mass is 9.89. The van der Waals surface area contributed by atoms with Crippen LogP contribution in [0.1, 0.15) is 22.7 Å². The molecule has 2 aliphatic heterocycles. The van der Waals surface area contributed by atoms with Gasteiger partial charge in [-0.15, -0.1) is 0 Å². The van der Waals surface area contributed by atoms with Crippen molar-refractivity contribution in [3.8, 4) is 23.0 Å². The summed E-state index contributed by atoms with van der Waals surface area (Å²) < 4.78 is 27.8. The average molecular weight is 393 g/mol. The van der Waals surface area contributed by atoms with E-state index in [0.29, 0.717) is 23.9 Å². The van der Waals surface area contributed by atoms with Crippen LogP contribution in [0.2, 0.25) is 0 Å². The first-order valence-electron chi connectivity index (χ1n) is 9.29. The number of hydrogen-bond acceptors (Lipinski definition) is 6. The van der Waals surface area contributed by atoms with Crippen molar-refractivity contribution in [3.05, 3.63) is 65.3 Å². The summed E-state index contributed by atoms with van der Waals surface area (Å²) in [6.45, 7) is 0.759. The highest BCUT2D eigenvalue weighted by molar-refractivity contribution is 5.82. The Morgan fingerprint density at radius 1 is 1.00 bits per heavy atom. The van der Waals surface area contributed by atoms with E-state index in [1.807, 2.05) is 42.6 Å². The molecule has 0 saturated heterocycles. The molecule has 4 rings (SSSR count). The Morgan fingerprint density at radius 2 is 1.79 bits per heavy atom. The lowest BCUT2D eigenvalue weighted by Gasteiger charge is -2.25. The van der Waals surface area contributed by atoms with E-state index >= 15 is 0 Å². The molecule has 0 saturated carbocycles. The summed E-state index contributed by atoms with van der Waals surface area (Å²) in [5, 5.41) is 0. The second-order valence-corrected chi connectivity index (χ2v) is 6.56. The fourth-order valence-corrected chi connectivity index (χ4v) is 3.64. The van der Waals surface area contributed by atoms with Gasteiger partial charge in [0, 0.05) is 11.8 Å². The van der Waals surface area contributed by atoms with Gasteiger partial charge in [-0.05, 0) is 41.0 Å². The number of allylic oxidation sites excluding steroid dienone is 3. The van der Waals surface area contributed by atoms with Crippen molar-refractivity contribution in [2.75, 3.05) is 28.1 Å². The molecule has 1 unspecified atom stereocenters. The molecule has 2 heterocycles. The largest absolute Gasteiger partial charge is 0.493 e. The van der Waals surface area contributed by atoms with Crippen LogP contribution >= 0.6 is 0 Å². The number of ether oxygens (including phenoxy) is 5. The molecule has 6 heteroatoms. The first kappa shape index (κ1) is 19.1. The van der Waals surface area contributed by atoms with Gasteiger partial charge in [0.2, 0.25) is 5.75 Å². The summed E-state index contributed by atoms with van der Waals surface area (Å²) >= 11 is 0. The first-order chi connectivity index (χ1) is 14.3. The Morgan fingerprint density at radius 3 is 2.52 bits per heavy atom. The molecule has 0 amide bonds. The zero-order chi connectivity index (χ0) is 20.2. The van der Waals surface area contributed by atoms with Crippen LogP contribution in [0.25, 0.3) is 5.57 Å². The summed E-state index contributed by atoms with van der Waals surface area (Å²) in [6, 6.07) is 9.67. The molecule has 0 spiro atoms. The molecule has 2 aromatic carbocycles. The molecule has 0 N–H and O–H groups in total. The van der Waals surface area contributed by atoms with Crippen LogP contribution in [-0.4, -0.2) is 34.3 Å². The second-order valence-electron chi connectivity index (χ2n) is 6.56. The second kappa shape index (κ2) is 8.41. The van der Waals surface area contributed by atoms with Crippen molar-refractivity contribution in [1.29, 1.82) is 0 Å². The molecule has 1 atom stereocenters. The van der Waals surface area contributed by atoms with E-state index in [1.54, 1.807) is 21.3 Å². The predicted octanol–water partition coefficient (Wildman–Crippen LogP) is 4.34. The maximum Gasteiger partial charge on any atom is 0.203 e. The third-order valence-corrected chi connectivity index (χ3v) is 5.01. The monoisotopic (exact) mass is 393 g/mol. The van der Waals surface area contributed by atoms with E-state index in [1.165, 1.54) is 0 Å². The van der Waals surface area contributed by atoms with Gasteiger partial charge in [0.05, 0.1) is 27.9 Å². The maximum absolute atomic E-state index is 5.66. The number of rotatable bonds is 5. The molecule has 150 valence electrons. The Hall–Kier alpha value is -3.25. The molecule has 2 aliphatic rings. The van der Waals surface area contributed by atoms with Crippen molar-refractivity contribution in [2.24, 2.45) is 4.99 Å². The van der Waals surface area contributed by atoms with Gasteiger partial charge in [-0.3, -0.25) is 4.99 Å². The quantitative estimate of drug-likeness (QED) is 0.756. The van der Waals surface area contributed by atoms with Crippen molar-refractivity contribution < 1.29 is 23.7 Å². The van der Waals surface area contributed by atoms with Crippen LogP contribution < -0.4 is 18.9 Å². The van der Waals surface area contributed by atoms with Crippen LogP contribution in [-0.2, 0) is 11.3 Å². The zero-order valence-corrected chi connectivity index (χ0v) is 16.7. The van der Waals surface area contributed by atoms with Crippen LogP contribution in [0.5, 0.6) is 23.0 Å². The van der Waals surface area contributed by atoms with Gasteiger partial charge in [0.25, 0.3) is 0 Å². The van der Waals surface area contributed by atoms with E-state index in [0.717, 1.165) is 28.0 Å². The van der Waals surface area contributed by atoms with Gasteiger partial charge in [-0.1, -0.05) is 24.3 Å². The number of hydrogen-bond donors (Lipinski definition) is 0. The van der Waals surface area contributed by atoms with E-state index in [4.69, 9.17) is 28.7 Å². The molecule has 0 aromatic heterocycles. The third kappa shape index (κ3) is 3.59. The summed E-state index contributed by atoms with van der Waals surface area (Å²) in [5.74, 6) is 2.59. The van der Waals surface area contributed by atoms with Crippen LogP contribution in [0.3, 0.4) is 0 Å². The van der Waals surface area contributed by atoms with Gasteiger partial charge in [0.1, 0.15) is 11.8 Å². The number of benzene rings is 2. The number of aliphatic imine (C=N–C) groups is 1. The fraction of sp³-hybridized carbons (Fsp3) is 0.261. The topological polar surface area (TPSA) is 58.5 Å². The lowest BCUT2D eigenvalue weighted by Crippen LogP contribution is -2.15. The maximum atomic E-state index is 5.66. The van der Waals surface area contributed by atoms with E-state index in [2.05, 4.69) is 12.1 Å². The van der Waals surface area contributed by atoms with Crippen molar-refractivity contribution >= 4 is 11.8 Å². The van der Waals surface area contributed by atoms with Gasteiger partial charge < -0.3 is 23.7 Å². The van der Waals surface area contributed by atoms with Crippen molar-refractivity contribution in [3.63, 3.8) is 0 Å². The Balaban J connectivity index is 1.85. The van der Waals surface area contributed by atoms with E-state index in [-0.39, 0.29) is 12.8 Å². The Labute approximate surface area is 170 Å². The minimum Gasteiger partial charge on any atom is -0.493 e. The molecular formula is C23H23NO5. The fourth-order valence-electron chi connectivity index (χ4n) is 3.64. The van der Waals surface area contributed by atoms with E-state index < -0.39 is 0 Å². The van der Waals surface area contributed by atoms with Gasteiger partial charge in [-0.25, -0.2) is 0 Å². The third-order valence-electron chi connectivity index (χ3n) is 5.01. The Kier molecular flexibility index (Phi) is 5.53. The summed E-state index contributed by atoms with van der Waals surface area (Å²) in [6.07, 6.45) is 7.77. The smallest absolute Gasteiger partial charge is 0.203 e. The minimum atomic E-state index is -0.229. The molecular weight excluding hydrogens is 370 g/mol. The highest BCUT2D eigenvalue weighted by atomic mass is 16.7. The molecule has 0 radical (unpaired) electrons. The van der Waals surface area contributed by atoms with Crippen LogP contribution in [0, 0.1) is 0 Å². The predicted molar refractivity (Wildman–Crippen MR) is 111 cm³/mol. The van der Waals surface area contributed by atoms with Gasteiger partial charge in [0.15, 0.2) is 18.3 Å².